The van der Waals surface area contributed by atoms with Crippen molar-refractivity contribution in [2.24, 2.45) is 0 Å². The van der Waals surface area contributed by atoms with E-state index in [9.17, 15) is 4.11 Å². The van der Waals surface area contributed by atoms with Gasteiger partial charge in [0.05, 0.1) is 11.0 Å². The number of rotatable bonds is 3. The zero-order chi connectivity index (χ0) is 35.7. The number of hydrogen-bond donors (Lipinski definition) is 0. The van der Waals surface area contributed by atoms with Crippen LogP contribution >= 0.6 is 0 Å². The SMILES string of the molecule is [2H]c1c([2H])c([2H])c(-c2c([2H])c(-c3ccc4ccc5cccc6ccc3c4c56)c([2H])c(-c3ccc4ccc5cccc6ccc3c4c56)c2[2H])c([2H])c1[2H]. The van der Waals surface area contributed by atoms with Crippen molar-refractivity contribution in [2.75, 3.05) is 0 Å². The third-order valence-electron chi connectivity index (χ3n) is 9.10. The highest BCUT2D eigenvalue weighted by Gasteiger charge is 2.16. The Morgan fingerprint density at radius 3 is 1.18 bits per heavy atom. The highest BCUT2D eigenvalue weighted by atomic mass is 14.2. The Morgan fingerprint density at radius 2 is 0.705 bits per heavy atom. The maximum absolute atomic E-state index is 9.92. The van der Waals surface area contributed by atoms with Gasteiger partial charge < -0.3 is 0 Å². The van der Waals surface area contributed by atoms with Crippen molar-refractivity contribution in [1.82, 2.24) is 0 Å². The molecule has 0 spiro atoms. The molecule has 10 aromatic carbocycles. The molecule has 0 N–H and O–H groups in total. The molecule has 0 aliphatic heterocycles. The van der Waals surface area contributed by atoms with Gasteiger partial charge in [-0.1, -0.05) is 139 Å². The predicted molar refractivity (Wildman–Crippen MR) is 190 cm³/mol. The molecule has 0 saturated carbocycles. The average Bonchev–Trinajstić information content (AvgIpc) is 3.16. The Bertz CT molecular complexity index is 2930. The minimum Gasteiger partial charge on any atom is -0.0622 e. The minimum atomic E-state index is -0.548. The van der Waals surface area contributed by atoms with E-state index < -0.39 is 30.2 Å². The standard InChI is InChI=1S/C44H26/c1-2-6-27(7-3-1)34-24-35(37-20-16-32-14-12-28-8-4-10-30-18-22-39(37)43(32)41(28)30)26-36(25-34)38-21-17-33-15-13-29-9-5-11-31-19-23-40(38)44(33)42(29)31/h1-26H/i1D,2D,3D,6D,7D,24D,25D,26D. The van der Waals surface area contributed by atoms with Crippen molar-refractivity contribution in [3.63, 3.8) is 0 Å². The maximum atomic E-state index is 9.92. The Balaban J connectivity index is 1.39. The van der Waals surface area contributed by atoms with Crippen molar-refractivity contribution >= 4 is 64.6 Å². The summed E-state index contributed by atoms with van der Waals surface area (Å²) in [6, 6.07) is 33.4. The van der Waals surface area contributed by atoms with Crippen LogP contribution in [0.5, 0.6) is 0 Å². The van der Waals surface area contributed by atoms with Crippen LogP contribution < -0.4 is 0 Å². The van der Waals surface area contributed by atoms with Crippen LogP contribution in [-0.4, -0.2) is 0 Å². The van der Waals surface area contributed by atoms with Crippen molar-refractivity contribution in [3.8, 4) is 33.4 Å². The third-order valence-corrected chi connectivity index (χ3v) is 9.10. The molecule has 202 valence electrons. The van der Waals surface area contributed by atoms with Gasteiger partial charge in [-0.05, 0) is 116 Å². The Morgan fingerprint density at radius 1 is 0.318 bits per heavy atom. The average molecular weight is 563 g/mol. The largest absolute Gasteiger partial charge is 0.0636 e. The molecule has 0 atom stereocenters. The molecule has 0 aliphatic rings. The van der Waals surface area contributed by atoms with Crippen LogP contribution in [0.25, 0.3) is 98.0 Å². The Labute approximate surface area is 266 Å². The normalized spacial score (nSPS) is 14.6. The number of benzene rings is 10. The van der Waals surface area contributed by atoms with Crippen LogP contribution in [0.15, 0.2) is 158 Å². The second-order valence-corrected chi connectivity index (χ2v) is 11.4. The van der Waals surface area contributed by atoms with E-state index in [2.05, 4.69) is 48.5 Å². The molecule has 0 bridgehead atoms. The first kappa shape index (κ1) is 17.4. The minimum absolute atomic E-state index is 0.0313. The van der Waals surface area contributed by atoms with Crippen LogP contribution in [0.4, 0.5) is 0 Å². The third kappa shape index (κ3) is 3.34. The predicted octanol–water partition coefficient (Wildman–Crippen LogP) is 12.5. The van der Waals surface area contributed by atoms with E-state index in [0.29, 0.717) is 11.1 Å². The Kier molecular flexibility index (Phi) is 3.52. The summed E-state index contributed by atoms with van der Waals surface area (Å²) in [5.41, 5.74) is 1.35. The van der Waals surface area contributed by atoms with Crippen molar-refractivity contribution in [1.29, 1.82) is 0 Å². The molecular weight excluding hydrogens is 528 g/mol. The lowest BCUT2D eigenvalue weighted by atomic mass is 9.86. The zero-order valence-corrected chi connectivity index (χ0v) is 23.4. The molecule has 44 heavy (non-hydrogen) atoms. The first-order chi connectivity index (χ1) is 25.2. The lowest BCUT2D eigenvalue weighted by Gasteiger charge is -2.18. The molecule has 0 heterocycles. The Hall–Kier alpha value is -5.72. The van der Waals surface area contributed by atoms with Gasteiger partial charge in [-0.15, -0.1) is 0 Å². The topological polar surface area (TPSA) is 0 Å². The first-order valence-corrected chi connectivity index (χ1v) is 14.7. The summed E-state index contributed by atoms with van der Waals surface area (Å²) in [5.74, 6) is 0. The maximum Gasteiger partial charge on any atom is 0.0636 e. The van der Waals surface area contributed by atoms with Crippen LogP contribution in [0, 0.1) is 0 Å². The van der Waals surface area contributed by atoms with E-state index in [4.69, 9.17) is 6.85 Å². The van der Waals surface area contributed by atoms with Gasteiger partial charge in [0.1, 0.15) is 0 Å². The van der Waals surface area contributed by atoms with Crippen LogP contribution in [0.3, 0.4) is 0 Å². The van der Waals surface area contributed by atoms with Gasteiger partial charge in [-0.3, -0.25) is 0 Å². The monoisotopic (exact) mass is 562 g/mol. The summed E-state index contributed by atoms with van der Waals surface area (Å²) in [7, 11) is 0. The second-order valence-electron chi connectivity index (χ2n) is 11.4. The molecule has 0 radical (unpaired) electrons. The highest BCUT2D eigenvalue weighted by molar-refractivity contribution is 6.27. The molecule has 0 unspecified atom stereocenters. The van der Waals surface area contributed by atoms with E-state index in [1.165, 1.54) is 0 Å². The van der Waals surface area contributed by atoms with Gasteiger partial charge in [0.2, 0.25) is 0 Å². The van der Waals surface area contributed by atoms with Crippen molar-refractivity contribution in [3.05, 3.63) is 158 Å². The second kappa shape index (κ2) is 8.89. The molecular formula is C44H26. The fraction of sp³-hybridized carbons (Fsp3) is 0. The lowest BCUT2D eigenvalue weighted by molar-refractivity contribution is 1.59. The molecule has 0 aromatic heterocycles. The molecule has 0 aliphatic carbocycles. The van der Waals surface area contributed by atoms with Crippen LogP contribution in [-0.2, 0) is 0 Å². The quantitative estimate of drug-likeness (QED) is 0.188. The first-order valence-electron chi connectivity index (χ1n) is 18.7. The van der Waals surface area contributed by atoms with Crippen LogP contribution in [0.1, 0.15) is 11.0 Å². The summed E-state index contributed by atoms with van der Waals surface area (Å²) < 4.78 is 72.5. The number of hydrogen-bond acceptors (Lipinski definition) is 0. The van der Waals surface area contributed by atoms with E-state index in [-0.39, 0.29) is 40.4 Å². The summed E-state index contributed by atoms with van der Waals surface area (Å²) in [5, 5.41) is 12.1. The van der Waals surface area contributed by atoms with Gasteiger partial charge >= 0.3 is 0 Å². The van der Waals surface area contributed by atoms with Crippen molar-refractivity contribution < 1.29 is 11.0 Å². The molecule has 0 heteroatoms. The van der Waals surface area contributed by atoms with E-state index >= 15 is 0 Å². The van der Waals surface area contributed by atoms with E-state index in [1.807, 2.05) is 60.7 Å². The summed E-state index contributed by atoms with van der Waals surface area (Å²) in [6.45, 7) is 0. The fourth-order valence-electron chi connectivity index (χ4n) is 7.14. The molecule has 0 amide bonds. The fourth-order valence-corrected chi connectivity index (χ4v) is 7.14. The van der Waals surface area contributed by atoms with E-state index in [0.717, 1.165) is 64.6 Å². The zero-order valence-electron chi connectivity index (χ0n) is 31.4. The molecule has 0 fully saturated rings. The van der Waals surface area contributed by atoms with Gasteiger partial charge in [0, 0.05) is 0 Å². The highest BCUT2D eigenvalue weighted by Crippen LogP contribution is 2.44. The smallest absolute Gasteiger partial charge is 0.0622 e. The molecule has 0 saturated heterocycles. The van der Waals surface area contributed by atoms with Crippen molar-refractivity contribution in [2.45, 2.75) is 0 Å². The van der Waals surface area contributed by atoms with Gasteiger partial charge in [-0.2, -0.15) is 0 Å². The molecule has 0 nitrogen and oxygen atoms in total. The van der Waals surface area contributed by atoms with E-state index in [1.54, 1.807) is 0 Å². The summed E-state index contributed by atoms with van der Waals surface area (Å²) >= 11 is 0. The van der Waals surface area contributed by atoms with Gasteiger partial charge in [-0.25, -0.2) is 0 Å². The molecule has 10 rings (SSSR count). The van der Waals surface area contributed by atoms with Gasteiger partial charge in [0.15, 0.2) is 0 Å². The van der Waals surface area contributed by atoms with Gasteiger partial charge in [0.25, 0.3) is 0 Å². The van der Waals surface area contributed by atoms with Crippen LogP contribution in [0.2, 0.25) is 0 Å². The summed E-state index contributed by atoms with van der Waals surface area (Å²) in [4.78, 5) is 0. The molecule has 10 aromatic rings. The lowest BCUT2D eigenvalue weighted by Crippen LogP contribution is -1.91. The summed E-state index contributed by atoms with van der Waals surface area (Å²) in [6.07, 6.45) is 0.